The Balaban J connectivity index is 0.00000147. The number of rotatable bonds is 3. The minimum atomic E-state index is 0. The Morgan fingerprint density at radius 2 is 2.05 bits per heavy atom. The van der Waals surface area contributed by atoms with Crippen molar-refractivity contribution in [1.29, 1.82) is 0 Å². The zero-order chi connectivity index (χ0) is 13.1. The first-order valence-electron chi connectivity index (χ1n) is 7.21. The normalized spacial score (nSPS) is 15.8. The molecule has 0 unspecified atom stereocenters. The van der Waals surface area contributed by atoms with Crippen molar-refractivity contribution < 1.29 is 0 Å². The number of halogens is 1. The van der Waals surface area contributed by atoms with Gasteiger partial charge in [0.1, 0.15) is 0 Å². The van der Waals surface area contributed by atoms with Crippen LogP contribution in [0.2, 0.25) is 0 Å². The van der Waals surface area contributed by atoms with E-state index in [9.17, 15) is 0 Å². The van der Waals surface area contributed by atoms with Crippen LogP contribution in [0.5, 0.6) is 0 Å². The first-order valence-corrected chi connectivity index (χ1v) is 7.21. The lowest BCUT2D eigenvalue weighted by Crippen LogP contribution is -2.35. The molecule has 3 rings (SSSR count). The molecule has 1 aromatic heterocycles. The number of nitrogens with one attached hydrogen (secondary N) is 2. The molecular formula is C16H22ClN3. The third-order valence-corrected chi connectivity index (χ3v) is 3.94. The smallest absolute Gasteiger partial charge is 0.0425 e. The molecule has 3 nitrogen and oxygen atoms in total. The second kappa shape index (κ2) is 6.91. The van der Waals surface area contributed by atoms with E-state index >= 15 is 0 Å². The second-order valence-corrected chi connectivity index (χ2v) is 5.22. The number of nitrogens with zero attached hydrogens (tertiary/aromatic N) is 1. The molecule has 0 radical (unpaired) electrons. The predicted molar refractivity (Wildman–Crippen MR) is 87.9 cm³/mol. The van der Waals surface area contributed by atoms with Gasteiger partial charge >= 0.3 is 0 Å². The first kappa shape index (κ1) is 15.1. The fourth-order valence-electron chi connectivity index (χ4n) is 2.88. The highest BCUT2D eigenvalue weighted by Crippen LogP contribution is 2.28. The molecule has 108 valence electrons. The molecule has 0 spiro atoms. The van der Waals surface area contributed by atoms with Gasteiger partial charge in [-0.05, 0) is 44.0 Å². The number of hydrogen-bond donors (Lipinski definition) is 2. The summed E-state index contributed by atoms with van der Waals surface area (Å²) in [5.41, 5.74) is 2.60. The average Bonchev–Trinajstić information content (AvgIpc) is 2.48. The van der Waals surface area contributed by atoms with Gasteiger partial charge in [0, 0.05) is 34.9 Å². The Labute approximate surface area is 126 Å². The van der Waals surface area contributed by atoms with Gasteiger partial charge in [-0.1, -0.05) is 19.1 Å². The van der Waals surface area contributed by atoms with Gasteiger partial charge in [0.15, 0.2) is 0 Å². The van der Waals surface area contributed by atoms with Gasteiger partial charge in [-0.2, -0.15) is 0 Å². The zero-order valence-corrected chi connectivity index (χ0v) is 12.7. The summed E-state index contributed by atoms with van der Waals surface area (Å²) in [4.78, 5) is 4.33. The fourth-order valence-corrected chi connectivity index (χ4v) is 2.88. The van der Waals surface area contributed by atoms with Crippen molar-refractivity contribution in [1.82, 2.24) is 10.3 Å². The standard InChI is InChI=1S/C16H21N3.ClH/c1-2-12-10-18-11-13-4-3-5-15(16(12)13)19-14-6-8-17-9-7-14;/h3-5,10-11,14,17,19H,2,6-9H2,1H3;1H. The maximum absolute atomic E-state index is 4.33. The first-order chi connectivity index (χ1) is 9.38. The monoisotopic (exact) mass is 291 g/mol. The lowest BCUT2D eigenvalue weighted by Gasteiger charge is -2.25. The second-order valence-electron chi connectivity index (χ2n) is 5.22. The van der Waals surface area contributed by atoms with Crippen molar-refractivity contribution in [2.45, 2.75) is 32.2 Å². The van der Waals surface area contributed by atoms with Gasteiger partial charge in [0.25, 0.3) is 0 Å². The third-order valence-electron chi connectivity index (χ3n) is 3.94. The molecule has 4 heteroatoms. The number of fused-ring (bicyclic) bond motifs is 1. The van der Waals surface area contributed by atoms with Crippen LogP contribution in [-0.4, -0.2) is 24.1 Å². The molecule has 1 fully saturated rings. The summed E-state index contributed by atoms with van der Waals surface area (Å²) in [5.74, 6) is 0. The van der Waals surface area contributed by atoms with Gasteiger partial charge in [0.05, 0.1) is 0 Å². The fraction of sp³-hybridized carbons (Fsp3) is 0.438. The molecule has 0 amide bonds. The van der Waals surface area contributed by atoms with E-state index in [2.05, 4.69) is 40.7 Å². The van der Waals surface area contributed by atoms with Crippen LogP contribution in [0.1, 0.15) is 25.3 Å². The van der Waals surface area contributed by atoms with Crippen molar-refractivity contribution >= 4 is 28.9 Å². The Morgan fingerprint density at radius 1 is 1.25 bits per heavy atom. The Morgan fingerprint density at radius 3 is 2.80 bits per heavy atom. The highest BCUT2D eigenvalue weighted by Gasteiger charge is 2.14. The van der Waals surface area contributed by atoms with Gasteiger partial charge in [-0.25, -0.2) is 0 Å². The van der Waals surface area contributed by atoms with E-state index in [4.69, 9.17) is 0 Å². The Hall–Kier alpha value is -1.32. The minimum absolute atomic E-state index is 0. The summed E-state index contributed by atoms with van der Waals surface area (Å²) in [7, 11) is 0. The van der Waals surface area contributed by atoms with Crippen LogP contribution >= 0.6 is 12.4 Å². The summed E-state index contributed by atoms with van der Waals surface area (Å²) in [5, 5.41) is 9.72. The molecular weight excluding hydrogens is 270 g/mol. The maximum atomic E-state index is 4.33. The molecule has 0 atom stereocenters. The van der Waals surface area contributed by atoms with Gasteiger partial charge in [-0.15, -0.1) is 12.4 Å². The van der Waals surface area contributed by atoms with E-state index in [1.54, 1.807) is 0 Å². The van der Waals surface area contributed by atoms with Crippen LogP contribution in [0.3, 0.4) is 0 Å². The van der Waals surface area contributed by atoms with Crippen LogP contribution in [0.15, 0.2) is 30.6 Å². The molecule has 0 bridgehead atoms. The predicted octanol–water partition coefficient (Wildman–Crippen LogP) is 3.38. The molecule has 0 saturated carbocycles. The maximum Gasteiger partial charge on any atom is 0.0425 e. The molecule has 1 aromatic carbocycles. The molecule has 1 aliphatic rings. The number of benzene rings is 1. The lowest BCUT2D eigenvalue weighted by atomic mass is 10.0. The highest BCUT2D eigenvalue weighted by molar-refractivity contribution is 5.96. The molecule has 2 aromatic rings. The van der Waals surface area contributed by atoms with E-state index < -0.39 is 0 Å². The zero-order valence-electron chi connectivity index (χ0n) is 11.9. The SMILES string of the molecule is CCc1cncc2cccc(NC3CCNCC3)c12.Cl. The molecule has 1 saturated heterocycles. The highest BCUT2D eigenvalue weighted by atomic mass is 35.5. The number of aromatic nitrogens is 1. The molecule has 1 aliphatic heterocycles. The number of hydrogen-bond acceptors (Lipinski definition) is 3. The molecule has 2 heterocycles. The van der Waals surface area contributed by atoms with Crippen LogP contribution in [0, 0.1) is 0 Å². The molecule has 20 heavy (non-hydrogen) atoms. The van der Waals surface area contributed by atoms with Crippen LogP contribution < -0.4 is 10.6 Å². The quantitative estimate of drug-likeness (QED) is 0.910. The Bertz CT molecular complexity index is 559. The van der Waals surface area contributed by atoms with Crippen molar-refractivity contribution in [2.75, 3.05) is 18.4 Å². The van der Waals surface area contributed by atoms with Crippen LogP contribution in [-0.2, 0) is 6.42 Å². The van der Waals surface area contributed by atoms with Crippen LogP contribution in [0.25, 0.3) is 10.8 Å². The van der Waals surface area contributed by atoms with Crippen molar-refractivity contribution in [3.63, 3.8) is 0 Å². The largest absolute Gasteiger partial charge is 0.382 e. The summed E-state index contributed by atoms with van der Waals surface area (Å²) >= 11 is 0. The summed E-state index contributed by atoms with van der Waals surface area (Å²) in [6.45, 7) is 4.42. The minimum Gasteiger partial charge on any atom is -0.382 e. The molecule has 2 N–H and O–H groups in total. The van der Waals surface area contributed by atoms with E-state index in [-0.39, 0.29) is 12.4 Å². The van der Waals surface area contributed by atoms with Gasteiger partial charge in [0.2, 0.25) is 0 Å². The van der Waals surface area contributed by atoms with E-state index in [0.717, 1.165) is 19.5 Å². The van der Waals surface area contributed by atoms with E-state index in [1.807, 2.05) is 12.4 Å². The van der Waals surface area contributed by atoms with Gasteiger partial charge in [-0.3, -0.25) is 4.98 Å². The number of anilines is 1. The van der Waals surface area contributed by atoms with Crippen LogP contribution in [0.4, 0.5) is 5.69 Å². The molecule has 0 aliphatic carbocycles. The number of aryl methyl sites for hydroxylation is 1. The number of pyridine rings is 1. The van der Waals surface area contributed by atoms with E-state index in [0.29, 0.717) is 6.04 Å². The number of piperidine rings is 1. The third kappa shape index (κ3) is 3.05. The van der Waals surface area contributed by atoms with Crippen molar-refractivity contribution in [3.05, 3.63) is 36.2 Å². The topological polar surface area (TPSA) is 37.0 Å². The van der Waals surface area contributed by atoms with Gasteiger partial charge < -0.3 is 10.6 Å². The van der Waals surface area contributed by atoms with Crippen molar-refractivity contribution in [2.24, 2.45) is 0 Å². The van der Waals surface area contributed by atoms with Crippen molar-refractivity contribution in [3.8, 4) is 0 Å². The van der Waals surface area contributed by atoms with E-state index in [1.165, 1.54) is 34.9 Å². The lowest BCUT2D eigenvalue weighted by molar-refractivity contribution is 0.479. The Kier molecular flexibility index (Phi) is 5.21. The summed E-state index contributed by atoms with van der Waals surface area (Å²) < 4.78 is 0. The average molecular weight is 292 g/mol. The summed E-state index contributed by atoms with van der Waals surface area (Å²) in [6.07, 6.45) is 7.37. The summed E-state index contributed by atoms with van der Waals surface area (Å²) in [6, 6.07) is 7.05.